The Morgan fingerprint density at radius 3 is 2.68 bits per heavy atom. The average Bonchev–Trinajstić information content (AvgIpc) is 3.30. The number of carbonyl (C=O) groups excluding carboxylic acids is 1. The van der Waals surface area contributed by atoms with Gasteiger partial charge in [0.25, 0.3) is 5.91 Å². The molecule has 2 N–H and O–H groups in total. The van der Waals surface area contributed by atoms with E-state index >= 15 is 0 Å². The highest BCUT2D eigenvalue weighted by Crippen LogP contribution is 2.37. The van der Waals surface area contributed by atoms with E-state index in [9.17, 15) is 9.90 Å². The molecule has 0 radical (unpaired) electrons. The highest BCUT2D eigenvalue weighted by molar-refractivity contribution is 5.97. The second-order valence-corrected chi connectivity index (χ2v) is 6.12. The first-order valence-corrected chi connectivity index (χ1v) is 8.31. The van der Waals surface area contributed by atoms with Crippen LogP contribution in [0.3, 0.4) is 0 Å². The lowest BCUT2D eigenvalue weighted by Crippen LogP contribution is -2.23. The van der Waals surface area contributed by atoms with Crippen molar-refractivity contribution >= 4 is 11.7 Å². The van der Waals surface area contributed by atoms with Gasteiger partial charge in [0.15, 0.2) is 11.5 Å². The number of phenolic OH excluding ortho intramolecular Hbond substituents is 1. The first-order valence-electron chi connectivity index (χ1n) is 8.31. The Hall–Kier alpha value is -2.96. The molecule has 0 saturated carbocycles. The van der Waals surface area contributed by atoms with Crippen LogP contribution in [0, 0.1) is 0 Å². The molecule has 3 heterocycles. The fourth-order valence-electron chi connectivity index (χ4n) is 3.05. The third-order valence-electron chi connectivity index (χ3n) is 4.43. The Bertz CT molecular complexity index is 786. The van der Waals surface area contributed by atoms with Crippen molar-refractivity contribution in [1.29, 1.82) is 0 Å². The van der Waals surface area contributed by atoms with Crippen LogP contribution in [0.2, 0.25) is 0 Å². The first-order chi connectivity index (χ1) is 12.2. The molecule has 0 atom stereocenters. The molecule has 1 saturated heterocycles. The van der Waals surface area contributed by atoms with Crippen LogP contribution in [0.25, 0.3) is 0 Å². The number of nitrogens with zero attached hydrogens (tertiary/aromatic N) is 2. The summed E-state index contributed by atoms with van der Waals surface area (Å²) in [6.45, 7) is 2.52. The molecule has 1 amide bonds. The summed E-state index contributed by atoms with van der Waals surface area (Å²) in [4.78, 5) is 19.0. The predicted octanol–water partition coefficient (Wildman–Crippen LogP) is 2.05. The largest absolute Gasteiger partial charge is 0.507 e. The van der Waals surface area contributed by atoms with Crippen LogP contribution < -0.4 is 19.7 Å². The van der Waals surface area contributed by atoms with E-state index in [2.05, 4.69) is 15.2 Å². The maximum Gasteiger partial charge on any atom is 0.255 e. The number of benzene rings is 1. The van der Waals surface area contributed by atoms with Crippen molar-refractivity contribution in [3.05, 3.63) is 41.6 Å². The first kappa shape index (κ1) is 15.6. The number of pyridine rings is 1. The molecule has 2 aliphatic heterocycles. The molecule has 1 fully saturated rings. The van der Waals surface area contributed by atoms with E-state index in [1.165, 1.54) is 25.0 Å². The molecule has 7 heteroatoms. The van der Waals surface area contributed by atoms with Crippen molar-refractivity contribution in [2.75, 3.05) is 24.8 Å². The van der Waals surface area contributed by atoms with Crippen LogP contribution in [0.1, 0.15) is 28.8 Å². The molecule has 1 aromatic heterocycles. The molecule has 0 spiro atoms. The van der Waals surface area contributed by atoms with Crippen molar-refractivity contribution in [2.24, 2.45) is 0 Å². The quantitative estimate of drug-likeness (QED) is 0.885. The van der Waals surface area contributed by atoms with Crippen molar-refractivity contribution in [1.82, 2.24) is 10.3 Å². The maximum atomic E-state index is 12.3. The molecule has 7 nitrogen and oxygen atoms in total. The molecule has 1 aromatic carbocycles. The molecular formula is C18H19N3O4. The van der Waals surface area contributed by atoms with Crippen molar-refractivity contribution in [3.63, 3.8) is 0 Å². The van der Waals surface area contributed by atoms with Gasteiger partial charge in [0.05, 0.1) is 5.56 Å². The topological polar surface area (TPSA) is 83.9 Å². The Morgan fingerprint density at radius 2 is 1.96 bits per heavy atom. The van der Waals surface area contributed by atoms with Gasteiger partial charge in [-0.25, -0.2) is 4.98 Å². The van der Waals surface area contributed by atoms with Gasteiger partial charge >= 0.3 is 0 Å². The Morgan fingerprint density at radius 1 is 1.20 bits per heavy atom. The highest BCUT2D eigenvalue weighted by Gasteiger charge is 2.20. The van der Waals surface area contributed by atoms with Crippen molar-refractivity contribution < 1.29 is 19.4 Å². The van der Waals surface area contributed by atoms with Crippen LogP contribution in [-0.4, -0.2) is 35.9 Å². The van der Waals surface area contributed by atoms with Gasteiger partial charge in [-0.05, 0) is 24.5 Å². The number of aromatic nitrogens is 1. The minimum Gasteiger partial charge on any atom is -0.507 e. The maximum absolute atomic E-state index is 12.3. The van der Waals surface area contributed by atoms with Crippen molar-refractivity contribution in [3.8, 4) is 17.2 Å². The smallest absolute Gasteiger partial charge is 0.255 e. The molecule has 4 rings (SSSR count). The number of amides is 1. The number of ether oxygens (including phenoxy) is 2. The van der Waals surface area contributed by atoms with Crippen LogP contribution in [-0.2, 0) is 6.54 Å². The molecule has 130 valence electrons. The molecule has 0 bridgehead atoms. The minimum atomic E-state index is -0.376. The van der Waals surface area contributed by atoms with Gasteiger partial charge < -0.3 is 24.8 Å². The van der Waals surface area contributed by atoms with Gasteiger partial charge in [-0.1, -0.05) is 6.07 Å². The molecule has 2 aromatic rings. The number of aromatic hydroxyl groups is 1. The van der Waals surface area contributed by atoms with Gasteiger partial charge in [0.2, 0.25) is 6.79 Å². The molecular weight excluding hydrogens is 322 g/mol. The second kappa shape index (κ2) is 6.51. The molecule has 0 unspecified atom stereocenters. The SMILES string of the molecule is O=C(NCc1ccc(N2CCCC2)nc1)c1cc2c(cc1O)OCO2. The molecule has 25 heavy (non-hydrogen) atoms. The average molecular weight is 341 g/mol. The summed E-state index contributed by atoms with van der Waals surface area (Å²) < 4.78 is 10.4. The van der Waals surface area contributed by atoms with E-state index in [4.69, 9.17) is 9.47 Å². The van der Waals surface area contributed by atoms with Crippen LogP contribution >= 0.6 is 0 Å². The zero-order chi connectivity index (χ0) is 17.2. The minimum absolute atomic E-state index is 0.0921. The third-order valence-corrected chi connectivity index (χ3v) is 4.43. The van der Waals surface area contributed by atoms with E-state index < -0.39 is 0 Å². The third kappa shape index (κ3) is 3.17. The number of fused-ring (bicyclic) bond motifs is 1. The van der Waals surface area contributed by atoms with Gasteiger partial charge in [-0.2, -0.15) is 0 Å². The monoisotopic (exact) mass is 341 g/mol. The Balaban J connectivity index is 1.40. The summed E-state index contributed by atoms with van der Waals surface area (Å²) in [7, 11) is 0. The van der Waals surface area contributed by atoms with Gasteiger partial charge in [-0.3, -0.25) is 4.79 Å². The highest BCUT2D eigenvalue weighted by atomic mass is 16.7. The van der Waals surface area contributed by atoms with Gasteiger partial charge in [-0.15, -0.1) is 0 Å². The number of hydrogen-bond acceptors (Lipinski definition) is 6. The second-order valence-electron chi connectivity index (χ2n) is 6.12. The Labute approximate surface area is 145 Å². The zero-order valence-electron chi connectivity index (χ0n) is 13.7. The summed E-state index contributed by atoms with van der Waals surface area (Å²) in [6.07, 6.45) is 4.18. The van der Waals surface area contributed by atoms with Crippen LogP contribution in [0.15, 0.2) is 30.5 Å². The number of phenols is 1. The lowest BCUT2D eigenvalue weighted by Gasteiger charge is -2.16. The molecule has 0 aliphatic carbocycles. The number of nitrogens with one attached hydrogen (secondary N) is 1. The summed E-state index contributed by atoms with van der Waals surface area (Å²) in [5.41, 5.74) is 1.06. The summed E-state index contributed by atoms with van der Waals surface area (Å²) >= 11 is 0. The number of carbonyl (C=O) groups is 1. The van der Waals surface area contributed by atoms with E-state index in [0.717, 1.165) is 24.5 Å². The summed E-state index contributed by atoms with van der Waals surface area (Å²) in [6, 6.07) is 6.82. The lowest BCUT2D eigenvalue weighted by atomic mass is 10.1. The summed E-state index contributed by atoms with van der Waals surface area (Å²) in [5.74, 6) is 1.36. The Kier molecular flexibility index (Phi) is 4.05. The number of anilines is 1. The van der Waals surface area contributed by atoms with Crippen LogP contribution in [0.5, 0.6) is 17.2 Å². The normalized spacial score (nSPS) is 15.4. The van der Waals surface area contributed by atoms with E-state index in [-0.39, 0.29) is 24.0 Å². The van der Waals surface area contributed by atoms with Crippen LogP contribution in [0.4, 0.5) is 5.82 Å². The molecule has 2 aliphatic rings. The van der Waals surface area contributed by atoms with E-state index in [0.29, 0.717) is 18.0 Å². The van der Waals surface area contributed by atoms with Gasteiger partial charge in [0.1, 0.15) is 11.6 Å². The van der Waals surface area contributed by atoms with E-state index in [1.54, 1.807) is 6.20 Å². The lowest BCUT2D eigenvalue weighted by molar-refractivity contribution is 0.0948. The summed E-state index contributed by atoms with van der Waals surface area (Å²) in [5, 5.41) is 12.8. The van der Waals surface area contributed by atoms with Crippen molar-refractivity contribution in [2.45, 2.75) is 19.4 Å². The standard InChI is InChI=1S/C18H19N3O4/c22-14-8-16-15(24-11-25-16)7-13(14)18(23)20-10-12-3-4-17(19-9-12)21-5-1-2-6-21/h3-4,7-9,22H,1-2,5-6,10-11H2,(H,20,23). The number of rotatable bonds is 4. The van der Waals surface area contributed by atoms with Gasteiger partial charge in [0, 0.05) is 38.0 Å². The predicted molar refractivity (Wildman–Crippen MR) is 91.1 cm³/mol. The number of hydrogen-bond donors (Lipinski definition) is 2. The fraction of sp³-hybridized carbons (Fsp3) is 0.333. The zero-order valence-corrected chi connectivity index (χ0v) is 13.7. The fourth-order valence-corrected chi connectivity index (χ4v) is 3.05. The van der Waals surface area contributed by atoms with E-state index in [1.807, 2.05) is 12.1 Å².